The molecular formula is C25H26N4O2P. The molecule has 6 nitrogen and oxygen atoms in total. The number of aromatic nitrogens is 3. The van der Waals surface area contributed by atoms with Gasteiger partial charge in [0.05, 0.1) is 14.2 Å². The molecule has 0 spiro atoms. The lowest BCUT2D eigenvalue weighted by Crippen LogP contribution is -2.37. The first-order valence-electron chi connectivity index (χ1n) is 10.3. The van der Waals surface area contributed by atoms with Gasteiger partial charge >= 0.3 is 12.0 Å². The van der Waals surface area contributed by atoms with Crippen molar-refractivity contribution in [3.63, 3.8) is 0 Å². The molecule has 0 N–H and O–H groups in total. The van der Waals surface area contributed by atoms with Crippen LogP contribution in [-0.4, -0.2) is 42.3 Å². The van der Waals surface area contributed by atoms with Crippen molar-refractivity contribution >= 4 is 24.5 Å². The van der Waals surface area contributed by atoms with Crippen molar-refractivity contribution in [3.05, 3.63) is 91.5 Å². The minimum atomic E-state index is -0.704. The predicted molar refractivity (Wildman–Crippen MR) is 129 cm³/mol. The summed E-state index contributed by atoms with van der Waals surface area (Å²) in [6.45, 7) is 2.16. The fraction of sp³-hybridized carbons (Fsp3) is 0.200. The fourth-order valence-corrected chi connectivity index (χ4v) is 6.16. The Morgan fingerprint density at radius 2 is 1.31 bits per heavy atom. The second-order valence-corrected chi connectivity index (χ2v) is 9.45. The molecule has 1 heterocycles. The number of nitrogens with zero attached hydrogens (tertiary/aromatic N) is 4. The molecule has 3 aromatic rings. The first-order chi connectivity index (χ1) is 15.6. The Hall–Kier alpha value is -2.72. The molecule has 4 rings (SSSR count). The van der Waals surface area contributed by atoms with Gasteiger partial charge in [0.1, 0.15) is 0 Å². The molecule has 1 aromatic heterocycles. The zero-order valence-corrected chi connectivity index (χ0v) is 19.5. The second kappa shape index (κ2) is 10.3. The van der Waals surface area contributed by atoms with Crippen LogP contribution in [0, 0.1) is 30.8 Å². The van der Waals surface area contributed by atoms with Crippen LogP contribution in [0.3, 0.4) is 0 Å². The van der Waals surface area contributed by atoms with Crippen molar-refractivity contribution < 1.29 is 9.47 Å². The van der Waals surface area contributed by atoms with Crippen LogP contribution in [0.5, 0.6) is 12.0 Å². The van der Waals surface area contributed by atoms with E-state index in [4.69, 9.17) is 9.47 Å². The molecule has 0 bridgehead atoms. The van der Waals surface area contributed by atoms with Gasteiger partial charge in [-0.15, -0.1) is 4.98 Å². The zero-order chi connectivity index (χ0) is 22.5. The minimum absolute atomic E-state index is 0.0224. The largest absolute Gasteiger partial charge is 0.467 e. The summed E-state index contributed by atoms with van der Waals surface area (Å²) in [6, 6.07) is 21.9. The average molecular weight is 445 g/mol. The third kappa shape index (κ3) is 4.71. The van der Waals surface area contributed by atoms with Crippen LogP contribution in [0.1, 0.15) is 6.92 Å². The van der Waals surface area contributed by atoms with Gasteiger partial charge in [-0.2, -0.15) is 9.97 Å². The fourth-order valence-electron chi connectivity index (χ4n) is 3.61. The van der Waals surface area contributed by atoms with E-state index in [2.05, 4.69) is 102 Å². The summed E-state index contributed by atoms with van der Waals surface area (Å²) < 4.78 is 10.5. The standard InChI is InChI=1S/C25H26N4O2P/c1-18(29(2)23-26-24(30-3)28-25(27-23)31-4)21-16-11-17-22(21)32(19-12-7-5-8-13-19)20-14-9-6-10-15-20/h5-18H,1-4H3/t18-/m1/s1. The van der Waals surface area contributed by atoms with Crippen molar-refractivity contribution in [1.82, 2.24) is 15.0 Å². The molecular weight excluding hydrogens is 419 g/mol. The van der Waals surface area contributed by atoms with Gasteiger partial charge in [-0.05, 0) is 44.7 Å². The normalized spacial score (nSPS) is 15.7. The summed E-state index contributed by atoms with van der Waals surface area (Å²) in [7, 11) is 4.34. The molecule has 1 aliphatic carbocycles. The number of ether oxygens (including phenoxy) is 2. The molecule has 1 atom stereocenters. The molecule has 0 aliphatic heterocycles. The molecule has 32 heavy (non-hydrogen) atoms. The molecule has 2 aromatic carbocycles. The Bertz CT molecular complexity index is 944. The van der Waals surface area contributed by atoms with Crippen LogP contribution in [0.25, 0.3) is 0 Å². The number of hydrogen-bond donors (Lipinski definition) is 0. The van der Waals surface area contributed by atoms with E-state index in [1.165, 1.54) is 36.4 Å². The molecule has 0 saturated heterocycles. The zero-order valence-electron chi connectivity index (χ0n) is 18.6. The number of benzene rings is 2. The lowest BCUT2D eigenvalue weighted by molar-refractivity contribution is 0.339. The van der Waals surface area contributed by atoms with E-state index in [0.29, 0.717) is 5.95 Å². The Morgan fingerprint density at radius 1 is 0.781 bits per heavy atom. The Labute approximate surface area is 191 Å². The summed E-state index contributed by atoms with van der Waals surface area (Å²) in [5, 5.41) is 2.64. The van der Waals surface area contributed by atoms with E-state index >= 15 is 0 Å². The number of rotatable bonds is 8. The van der Waals surface area contributed by atoms with Crippen LogP contribution in [-0.2, 0) is 0 Å². The van der Waals surface area contributed by atoms with Gasteiger partial charge in [-0.25, -0.2) is 0 Å². The topological polar surface area (TPSA) is 60.4 Å². The van der Waals surface area contributed by atoms with E-state index in [9.17, 15) is 0 Å². The summed E-state index contributed by atoms with van der Waals surface area (Å²) in [5.74, 6) is 1.74. The quantitative estimate of drug-likeness (QED) is 0.494. The van der Waals surface area contributed by atoms with Crippen LogP contribution < -0.4 is 25.0 Å². The first kappa shape index (κ1) is 22.5. The SMILES string of the molecule is COc1nc(OC)nc(N(C)[C@H](C)[C]2[CH][CH][CH][C]2P(c2ccccc2)c2ccccc2)n1. The third-order valence-corrected chi connectivity index (χ3v) is 7.91. The Balaban J connectivity index is 1.66. The van der Waals surface area contributed by atoms with Gasteiger partial charge in [0, 0.05) is 24.7 Å². The van der Waals surface area contributed by atoms with Crippen molar-refractivity contribution in [2.75, 3.05) is 26.2 Å². The maximum atomic E-state index is 5.23. The lowest BCUT2D eigenvalue weighted by Gasteiger charge is -2.36. The van der Waals surface area contributed by atoms with Gasteiger partial charge in [-0.3, -0.25) is 0 Å². The summed E-state index contributed by atoms with van der Waals surface area (Å²) in [6.07, 6.45) is 6.55. The Kier molecular flexibility index (Phi) is 7.21. The molecule has 0 amide bonds. The van der Waals surface area contributed by atoms with E-state index in [1.54, 1.807) is 0 Å². The summed E-state index contributed by atoms with van der Waals surface area (Å²) in [4.78, 5) is 15.0. The van der Waals surface area contributed by atoms with E-state index in [-0.39, 0.29) is 18.1 Å². The number of anilines is 1. The van der Waals surface area contributed by atoms with Crippen LogP contribution >= 0.6 is 7.92 Å². The second-order valence-electron chi connectivity index (χ2n) is 7.27. The van der Waals surface area contributed by atoms with E-state index in [0.717, 1.165) is 0 Å². The average Bonchev–Trinajstić information content (AvgIpc) is 3.33. The van der Waals surface area contributed by atoms with Crippen molar-refractivity contribution in [2.45, 2.75) is 13.0 Å². The van der Waals surface area contributed by atoms with Crippen molar-refractivity contribution in [1.29, 1.82) is 0 Å². The first-order valence-corrected chi connectivity index (χ1v) is 11.7. The third-order valence-electron chi connectivity index (χ3n) is 5.39. The maximum Gasteiger partial charge on any atom is 0.324 e. The highest BCUT2D eigenvalue weighted by Gasteiger charge is 2.41. The van der Waals surface area contributed by atoms with Gasteiger partial charge < -0.3 is 14.4 Å². The van der Waals surface area contributed by atoms with Crippen LogP contribution in [0.15, 0.2) is 60.7 Å². The van der Waals surface area contributed by atoms with Gasteiger partial charge in [0.25, 0.3) is 0 Å². The van der Waals surface area contributed by atoms with Gasteiger partial charge in [0.15, 0.2) is 0 Å². The highest BCUT2D eigenvalue weighted by molar-refractivity contribution is 7.76. The highest BCUT2D eigenvalue weighted by atomic mass is 31.1. The van der Waals surface area contributed by atoms with Crippen LogP contribution in [0.2, 0.25) is 0 Å². The Morgan fingerprint density at radius 3 is 1.81 bits per heavy atom. The lowest BCUT2D eigenvalue weighted by atomic mass is 9.98. The minimum Gasteiger partial charge on any atom is -0.467 e. The van der Waals surface area contributed by atoms with Gasteiger partial charge in [-0.1, -0.05) is 60.7 Å². The molecule has 163 valence electrons. The predicted octanol–water partition coefficient (Wildman–Crippen LogP) is 3.58. The van der Waals surface area contributed by atoms with Gasteiger partial charge in [0.2, 0.25) is 5.95 Å². The maximum absolute atomic E-state index is 5.23. The summed E-state index contributed by atoms with van der Waals surface area (Å²) >= 11 is 0. The van der Waals surface area contributed by atoms with Crippen molar-refractivity contribution in [3.8, 4) is 12.0 Å². The molecule has 1 saturated carbocycles. The monoisotopic (exact) mass is 445 g/mol. The van der Waals surface area contributed by atoms with Crippen molar-refractivity contribution in [2.24, 2.45) is 0 Å². The smallest absolute Gasteiger partial charge is 0.324 e. The molecule has 0 unspecified atom stereocenters. The highest BCUT2D eigenvalue weighted by Crippen LogP contribution is 2.57. The van der Waals surface area contributed by atoms with Crippen LogP contribution in [0.4, 0.5) is 5.95 Å². The summed E-state index contributed by atoms with van der Waals surface area (Å²) in [5.41, 5.74) is 1.32. The molecule has 5 radical (unpaired) electrons. The molecule has 1 aliphatic rings. The number of methoxy groups -OCH3 is 2. The molecule has 7 heteroatoms. The van der Waals surface area contributed by atoms with E-state index < -0.39 is 7.92 Å². The van der Waals surface area contributed by atoms with E-state index in [1.807, 2.05) is 11.9 Å². The molecule has 1 fully saturated rings. The number of hydrogen-bond acceptors (Lipinski definition) is 6.